The normalized spacial score (nSPS) is 27.7. The number of morpholine rings is 1. The summed E-state index contributed by atoms with van der Waals surface area (Å²) >= 11 is 0. The summed E-state index contributed by atoms with van der Waals surface area (Å²) in [5.74, 6) is -1.22. The first kappa shape index (κ1) is 26.4. The predicted molar refractivity (Wildman–Crippen MR) is 144 cm³/mol. The number of hydrogen-bond acceptors (Lipinski definition) is 9. The number of piperazine rings is 1. The van der Waals surface area contributed by atoms with E-state index in [0.29, 0.717) is 23.1 Å². The standard InChI is InChI=1S/C28H38N6O5/c35-25-4-3-24(26(36)30-25)34-27(37)22-2-1-20(15-23(22)28(34)38)33-8-5-19(6-9-33)17-31-10-12-32(13-11-31)18-21-16-29-7-14-39-21/h1-2,15,19,21,24,29H,3-14,16-18H2,(H,30,35,36)/t21-,24?/m0/s1. The summed E-state index contributed by atoms with van der Waals surface area (Å²) in [6.07, 6.45) is 2.77. The first-order valence-corrected chi connectivity index (χ1v) is 14.3. The second kappa shape index (κ2) is 11.3. The molecule has 11 heteroatoms. The highest BCUT2D eigenvalue weighted by atomic mass is 16.5. The van der Waals surface area contributed by atoms with Gasteiger partial charge in [0, 0.05) is 77.6 Å². The molecule has 4 saturated heterocycles. The second-order valence-corrected chi connectivity index (χ2v) is 11.4. The molecule has 0 radical (unpaired) electrons. The van der Waals surface area contributed by atoms with E-state index in [1.54, 1.807) is 12.1 Å². The Morgan fingerprint density at radius 1 is 0.846 bits per heavy atom. The molecule has 0 spiro atoms. The molecule has 0 aliphatic carbocycles. The van der Waals surface area contributed by atoms with Crippen LogP contribution in [0.2, 0.25) is 0 Å². The van der Waals surface area contributed by atoms with E-state index in [1.165, 1.54) is 0 Å². The number of anilines is 1. The molecule has 1 unspecified atom stereocenters. The van der Waals surface area contributed by atoms with Crippen LogP contribution in [0.5, 0.6) is 0 Å². The first-order valence-electron chi connectivity index (χ1n) is 14.3. The van der Waals surface area contributed by atoms with Crippen molar-refractivity contribution in [1.29, 1.82) is 0 Å². The highest BCUT2D eigenvalue weighted by molar-refractivity contribution is 6.23. The molecular weight excluding hydrogens is 500 g/mol. The number of hydrogen-bond donors (Lipinski definition) is 2. The van der Waals surface area contributed by atoms with E-state index in [0.717, 1.165) is 95.5 Å². The van der Waals surface area contributed by atoms with Gasteiger partial charge in [-0.3, -0.25) is 34.3 Å². The second-order valence-electron chi connectivity index (χ2n) is 11.4. The van der Waals surface area contributed by atoms with Gasteiger partial charge in [0.05, 0.1) is 23.8 Å². The molecule has 11 nitrogen and oxygen atoms in total. The number of ether oxygens (including phenoxy) is 1. The molecule has 0 saturated carbocycles. The van der Waals surface area contributed by atoms with Crippen LogP contribution in [-0.4, -0.2) is 123 Å². The third kappa shape index (κ3) is 5.58. The van der Waals surface area contributed by atoms with Crippen LogP contribution in [-0.2, 0) is 14.3 Å². The summed E-state index contributed by atoms with van der Waals surface area (Å²) in [4.78, 5) is 58.4. The number of benzene rings is 1. The van der Waals surface area contributed by atoms with E-state index in [4.69, 9.17) is 4.74 Å². The SMILES string of the molecule is O=C1CCC(N2C(=O)c3ccc(N4CCC(CN5CCN(C[C@@H]6CNCCO6)CC5)CC4)cc3C2=O)C(=O)N1. The van der Waals surface area contributed by atoms with Gasteiger partial charge in [-0.05, 0) is 43.4 Å². The summed E-state index contributed by atoms with van der Waals surface area (Å²) in [6.45, 7) is 11.1. The average molecular weight is 539 g/mol. The van der Waals surface area contributed by atoms with Crippen LogP contribution in [0.4, 0.5) is 5.69 Å². The van der Waals surface area contributed by atoms with Gasteiger partial charge in [-0.15, -0.1) is 0 Å². The molecule has 1 aromatic rings. The van der Waals surface area contributed by atoms with E-state index in [2.05, 4.69) is 25.3 Å². The lowest BCUT2D eigenvalue weighted by molar-refractivity contribution is -0.136. The van der Waals surface area contributed by atoms with Crippen LogP contribution in [0.3, 0.4) is 0 Å². The monoisotopic (exact) mass is 538 g/mol. The fourth-order valence-electron chi connectivity index (χ4n) is 6.57. The lowest BCUT2D eigenvalue weighted by Crippen LogP contribution is -2.54. The van der Waals surface area contributed by atoms with Gasteiger partial charge in [0.1, 0.15) is 6.04 Å². The van der Waals surface area contributed by atoms with Crippen molar-refractivity contribution in [2.75, 3.05) is 77.0 Å². The molecule has 4 fully saturated rings. The van der Waals surface area contributed by atoms with Crippen LogP contribution < -0.4 is 15.5 Å². The highest BCUT2D eigenvalue weighted by Gasteiger charge is 2.44. The molecule has 2 N–H and O–H groups in total. The quantitative estimate of drug-likeness (QED) is 0.480. The Morgan fingerprint density at radius 3 is 2.26 bits per heavy atom. The van der Waals surface area contributed by atoms with E-state index >= 15 is 0 Å². The molecule has 5 aliphatic heterocycles. The number of fused-ring (bicyclic) bond motifs is 1. The first-order chi connectivity index (χ1) is 19.0. The van der Waals surface area contributed by atoms with Gasteiger partial charge in [0.15, 0.2) is 0 Å². The van der Waals surface area contributed by atoms with Crippen LogP contribution >= 0.6 is 0 Å². The molecule has 0 bridgehead atoms. The minimum atomic E-state index is -0.936. The minimum Gasteiger partial charge on any atom is -0.374 e. The molecule has 2 atom stereocenters. The summed E-state index contributed by atoms with van der Waals surface area (Å²) in [5, 5.41) is 5.66. The van der Waals surface area contributed by atoms with Crippen LogP contribution in [0.25, 0.3) is 0 Å². The summed E-state index contributed by atoms with van der Waals surface area (Å²) in [7, 11) is 0. The maximum atomic E-state index is 13.2. The fourth-order valence-corrected chi connectivity index (χ4v) is 6.57. The van der Waals surface area contributed by atoms with E-state index in [1.807, 2.05) is 6.07 Å². The lowest BCUT2D eigenvalue weighted by Gasteiger charge is -2.40. The number of carbonyl (C=O) groups excluding carboxylic acids is 4. The average Bonchev–Trinajstić information content (AvgIpc) is 3.20. The van der Waals surface area contributed by atoms with Crippen molar-refractivity contribution >= 4 is 29.3 Å². The lowest BCUT2D eigenvalue weighted by atomic mass is 9.95. The Morgan fingerprint density at radius 2 is 1.56 bits per heavy atom. The van der Waals surface area contributed by atoms with E-state index in [-0.39, 0.29) is 18.7 Å². The van der Waals surface area contributed by atoms with Crippen molar-refractivity contribution in [3.05, 3.63) is 29.3 Å². The number of amides is 4. The van der Waals surface area contributed by atoms with Gasteiger partial charge in [0.25, 0.3) is 11.8 Å². The Labute approximate surface area is 228 Å². The number of piperidine rings is 2. The predicted octanol–water partition coefficient (Wildman–Crippen LogP) is -0.0898. The van der Waals surface area contributed by atoms with Crippen molar-refractivity contribution in [3.8, 4) is 0 Å². The third-order valence-electron chi connectivity index (χ3n) is 8.85. The van der Waals surface area contributed by atoms with Gasteiger partial charge in [0.2, 0.25) is 11.8 Å². The maximum absolute atomic E-state index is 13.2. The molecule has 1 aromatic carbocycles. The zero-order chi connectivity index (χ0) is 26.9. The van der Waals surface area contributed by atoms with Gasteiger partial charge >= 0.3 is 0 Å². The van der Waals surface area contributed by atoms with Crippen molar-refractivity contribution < 1.29 is 23.9 Å². The summed E-state index contributed by atoms with van der Waals surface area (Å²) in [5.41, 5.74) is 1.61. The molecule has 4 amide bonds. The largest absolute Gasteiger partial charge is 0.374 e. The number of carbonyl (C=O) groups is 4. The molecule has 5 heterocycles. The van der Waals surface area contributed by atoms with Gasteiger partial charge < -0.3 is 19.9 Å². The molecule has 6 rings (SSSR count). The number of nitrogens with one attached hydrogen (secondary N) is 2. The van der Waals surface area contributed by atoms with Gasteiger partial charge in [-0.1, -0.05) is 0 Å². The Balaban J connectivity index is 0.995. The molecular formula is C28H38N6O5. The maximum Gasteiger partial charge on any atom is 0.262 e. The zero-order valence-electron chi connectivity index (χ0n) is 22.4. The number of nitrogens with zero attached hydrogens (tertiary/aromatic N) is 4. The minimum absolute atomic E-state index is 0.118. The zero-order valence-corrected chi connectivity index (χ0v) is 22.4. The van der Waals surface area contributed by atoms with Gasteiger partial charge in [-0.2, -0.15) is 0 Å². The summed E-state index contributed by atoms with van der Waals surface area (Å²) < 4.78 is 5.86. The smallest absolute Gasteiger partial charge is 0.262 e. The van der Waals surface area contributed by atoms with Crippen LogP contribution in [0.15, 0.2) is 18.2 Å². The Kier molecular flexibility index (Phi) is 7.66. The highest BCUT2D eigenvalue weighted by Crippen LogP contribution is 2.32. The van der Waals surface area contributed by atoms with Crippen LogP contribution in [0, 0.1) is 5.92 Å². The molecule has 0 aromatic heterocycles. The molecule has 5 aliphatic rings. The van der Waals surface area contributed by atoms with E-state index in [9.17, 15) is 19.2 Å². The van der Waals surface area contributed by atoms with Crippen LogP contribution in [0.1, 0.15) is 46.4 Å². The number of imide groups is 2. The third-order valence-corrected chi connectivity index (χ3v) is 8.85. The van der Waals surface area contributed by atoms with E-state index < -0.39 is 23.8 Å². The fraction of sp³-hybridized carbons (Fsp3) is 0.643. The topological polar surface area (TPSA) is 115 Å². The Hall–Kier alpha value is -2.86. The van der Waals surface area contributed by atoms with Crippen molar-refractivity contribution in [1.82, 2.24) is 25.3 Å². The van der Waals surface area contributed by atoms with Crippen molar-refractivity contribution in [3.63, 3.8) is 0 Å². The van der Waals surface area contributed by atoms with Crippen molar-refractivity contribution in [2.45, 2.75) is 37.8 Å². The van der Waals surface area contributed by atoms with Crippen molar-refractivity contribution in [2.24, 2.45) is 5.92 Å². The molecule has 39 heavy (non-hydrogen) atoms. The molecule has 210 valence electrons. The summed E-state index contributed by atoms with van der Waals surface area (Å²) in [6, 6.07) is 4.47. The van der Waals surface area contributed by atoms with Gasteiger partial charge in [-0.25, -0.2) is 0 Å². The Bertz CT molecular complexity index is 1120. The number of rotatable bonds is 6.